The van der Waals surface area contributed by atoms with E-state index in [0.29, 0.717) is 0 Å². The Morgan fingerprint density at radius 2 is 1.95 bits per heavy atom. The molecule has 0 spiro atoms. The second-order valence-corrected chi connectivity index (χ2v) is 5.01. The Balaban J connectivity index is 1.73. The number of rotatable bonds is 6. The number of nitrogens with zero attached hydrogens (tertiary/aromatic N) is 2. The van der Waals surface area contributed by atoms with Crippen LogP contribution < -0.4 is 5.32 Å². The Morgan fingerprint density at radius 1 is 1.24 bits per heavy atom. The van der Waals surface area contributed by atoms with Crippen LogP contribution in [0.4, 0.5) is 0 Å². The first-order valence-corrected chi connectivity index (χ1v) is 7.01. The maximum absolute atomic E-state index is 11.8. The van der Waals surface area contributed by atoms with Crippen molar-refractivity contribution in [2.75, 3.05) is 19.6 Å². The summed E-state index contributed by atoms with van der Waals surface area (Å²) in [6, 6.07) is 3.01. The van der Waals surface area contributed by atoms with Crippen molar-refractivity contribution in [3.63, 3.8) is 0 Å². The van der Waals surface area contributed by atoms with Crippen LogP contribution in [0.1, 0.15) is 29.8 Å². The Bertz CT molecular complexity index is 532. The topological polar surface area (TPSA) is 91.6 Å². The third-order valence-electron chi connectivity index (χ3n) is 3.48. The molecule has 2 heterocycles. The number of aromatic nitrogens is 1. The molecule has 0 saturated carbocycles. The van der Waals surface area contributed by atoms with Crippen molar-refractivity contribution in [2.24, 2.45) is 0 Å². The van der Waals surface area contributed by atoms with Crippen LogP contribution in [-0.4, -0.2) is 52.0 Å². The zero-order valence-electron chi connectivity index (χ0n) is 11.7. The van der Waals surface area contributed by atoms with E-state index in [9.17, 15) is 14.4 Å². The number of amides is 2. The average Bonchev–Trinajstić information content (AvgIpc) is 3.09. The molecule has 2 rings (SSSR count). The third-order valence-corrected chi connectivity index (χ3v) is 3.48. The molecule has 0 radical (unpaired) electrons. The molecule has 1 aromatic rings. The lowest BCUT2D eigenvalue weighted by atomic mass is 10.3. The summed E-state index contributed by atoms with van der Waals surface area (Å²) in [6.45, 7) is 1.82. The normalized spacial score (nSPS) is 14.2. The molecule has 0 aromatic carbocycles. The van der Waals surface area contributed by atoms with Gasteiger partial charge in [0.25, 0.3) is 0 Å². The summed E-state index contributed by atoms with van der Waals surface area (Å²) in [6.07, 6.45) is 3.91. The van der Waals surface area contributed by atoms with E-state index < -0.39 is 5.97 Å². The minimum atomic E-state index is -1.07. The highest BCUT2D eigenvalue weighted by atomic mass is 16.4. The predicted molar refractivity (Wildman–Crippen MR) is 74.8 cm³/mol. The molecule has 0 bridgehead atoms. The molecule has 0 unspecified atom stereocenters. The Hall–Kier alpha value is -2.31. The van der Waals surface area contributed by atoms with Gasteiger partial charge in [0.2, 0.25) is 11.8 Å². The summed E-state index contributed by atoms with van der Waals surface area (Å²) < 4.78 is 1.36. The van der Waals surface area contributed by atoms with Crippen molar-refractivity contribution < 1.29 is 19.5 Å². The fourth-order valence-electron chi connectivity index (χ4n) is 2.39. The second kappa shape index (κ2) is 6.92. The molecule has 1 aliphatic rings. The van der Waals surface area contributed by atoms with E-state index in [4.69, 9.17) is 5.11 Å². The van der Waals surface area contributed by atoms with Gasteiger partial charge in [-0.3, -0.25) is 9.59 Å². The number of hydrogen-bond donors (Lipinski definition) is 2. The first-order chi connectivity index (χ1) is 10.1. The van der Waals surface area contributed by atoms with E-state index in [1.807, 2.05) is 0 Å². The molecule has 7 nitrogen and oxygen atoms in total. The van der Waals surface area contributed by atoms with E-state index in [1.165, 1.54) is 10.6 Å². The zero-order valence-corrected chi connectivity index (χ0v) is 11.7. The fourth-order valence-corrected chi connectivity index (χ4v) is 2.39. The minimum Gasteiger partial charge on any atom is -0.477 e. The maximum Gasteiger partial charge on any atom is 0.352 e. The van der Waals surface area contributed by atoms with Crippen LogP contribution in [-0.2, 0) is 16.1 Å². The molecule has 0 atom stereocenters. The summed E-state index contributed by atoms with van der Waals surface area (Å²) in [7, 11) is 0. The van der Waals surface area contributed by atoms with E-state index >= 15 is 0 Å². The van der Waals surface area contributed by atoms with Gasteiger partial charge >= 0.3 is 5.97 Å². The highest BCUT2D eigenvalue weighted by Gasteiger charge is 2.17. The van der Waals surface area contributed by atoms with Crippen LogP contribution in [0.3, 0.4) is 0 Å². The first-order valence-electron chi connectivity index (χ1n) is 7.01. The average molecular weight is 293 g/mol. The predicted octanol–water partition coefficient (Wildman–Crippen LogP) is 0.315. The van der Waals surface area contributed by atoms with Crippen molar-refractivity contribution in [3.8, 4) is 0 Å². The smallest absolute Gasteiger partial charge is 0.352 e. The Morgan fingerprint density at radius 3 is 2.62 bits per heavy atom. The van der Waals surface area contributed by atoms with Gasteiger partial charge in [0.1, 0.15) is 12.2 Å². The van der Waals surface area contributed by atoms with Gasteiger partial charge in [0.05, 0.1) is 0 Å². The Kier molecular flexibility index (Phi) is 4.97. The van der Waals surface area contributed by atoms with Crippen LogP contribution in [0.25, 0.3) is 0 Å². The number of hydrogen-bond acceptors (Lipinski definition) is 3. The van der Waals surface area contributed by atoms with Crippen molar-refractivity contribution in [1.29, 1.82) is 0 Å². The molecule has 0 aliphatic carbocycles. The molecule has 2 N–H and O–H groups in total. The molecule has 2 amide bonds. The monoisotopic (exact) mass is 293 g/mol. The number of carbonyl (C=O) groups is 3. The highest BCUT2D eigenvalue weighted by Crippen LogP contribution is 2.08. The summed E-state index contributed by atoms with van der Waals surface area (Å²) in [5.41, 5.74) is 0.0679. The van der Waals surface area contributed by atoms with Crippen molar-refractivity contribution in [1.82, 2.24) is 14.8 Å². The SMILES string of the molecule is O=C(Cn1cccc1C(=O)O)NCCC(=O)N1CCCC1. The van der Waals surface area contributed by atoms with Crippen LogP contribution in [0, 0.1) is 0 Å². The van der Waals surface area contributed by atoms with Gasteiger partial charge < -0.3 is 19.9 Å². The molecule has 1 aromatic heterocycles. The van der Waals surface area contributed by atoms with Gasteiger partial charge in [0, 0.05) is 32.3 Å². The molecule has 1 aliphatic heterocycles. The van der Waals surface area contributed by atoms with Gasteiger partial charge in [0.15, 0.2) is 0 Å². The third kappa shape index (κ3) is 4.08. The Labute approximate surface area is 122 Å². The number of likely N-dealkylation sites (tertiary alicyclic amines) is 1. The lowest BCUT2D eigenvalue weighted by Gasteiger charge is -2.15. The van der Waals surface area contributed by atoms with E-state index in [-0.39, 0.29) is 37.0 Å². The molecule has 114 valence electrons. The molecule has 7 heteroatoms. The van der Waals surface area contributed by atoms with Gasteiger partial charge in [-0.25, -0.2) is 4.79 Å². The number of aromatic carboxylic acids is 1. The lowest BCUT2D eigenvalue weighted by molar-refractivity contribution is -0.130. The van der Waals surface area contributed by atoms with Crippen molar-refractivity contribution in [2.45, 2.75) is 25.8 Å². The van der Waals surface area contributed by atoms with Crippen molar-refractivity contribution in [3.05, 3.63) is 24.0 Å². The molecule has 21 heavy (non-hydrogen) atoms. The van der Waals surface area contributed by atoms with E-state index in [0.717, 1.165) is 25.9 Å². The summed E-state index contributed by atoms with van der Waals surface area (Å²) in [5, 5.41) is 11.6. The van der Waals surface area contributed by atoms with Gasteiger partial charge in [-0.15, -0.1) is 0 Å². The molecular formula is C14H19N3O4. The van der Waals surface area contributed by atoms with Crippen LogP contribution in [0.5, 0.6) is 0 Å². The van der Waals surface area contributed by atoms with Crippen LogP contribution >= 0.6 is 0 Å². The molecular weight excluding hydrogens is 274 g/mol. The summed E-state index contributed by atoms with van der Waals surface area (Å²) >= 11 is 0. The molecule has 1 saturated heterocycles. The second-order valence-electron chi connectivity index (χ2n) is 5.01. The highest BCUT2D eigenvalue weighted by molar-refractivity contribution is 5.87. The fraction of sp³-hybridized carbons (Fsp3) is 0.500. The minimum absolute atomic E-state index is 0.0555. The zero-order chi connectivity index (χ0) is 15.2. The maximum atomic E-state index is 11.8. The number of carboxylic acid groups (broad SMARTS) is 1. The quantitative estimate of drug-likeness (QED) is 0.790. The van der Waals surface area contributed by atoms with Crippen molar-refractivity contribution >= 4 is 17.8 Å². The summed E-state index contributed by atoms with van der Waals surface area (Å²) in [5.74, 6) is -1.32. The van der Waals surface area contributed by atoms with Crippen LogP contribution in [0.15, 0.2) is 18.3 Å². The van der Waals surface area contributed by atoms with E-state index in [2.05, 4.69) is 5.32 Å². The molecule has 1 fully saturated rings. The lowest BCUT2D eigenvalue weighted by Crippen LogP contribution is -2.34. The number of carbonyl (C=O) groups excluding carboxylic acids is 2. The number of carboxylic acids is 1. The largest absolute Gasteiger partial charge is 0.477 e. The standard InChI is InChI=1S/C14H19N3O4/c18-12(10-17-9-3-4-11(17)14(20)21)15-6-5-13(19)16-7-1-2-8-16/h3-4,9H,1-2,5-8,10H2,(H,15,18)(H,20,21). The van der Waals surface area contributed by atoms with Gasteiger partial charge in [-0.1, -0.05) is 0 Å². The van der Waals surface area contributed by atoms with E-state index in [1.54, 1.807) is 17.2 Å². The van der Waals surface area contributed by atoms with Gasteiger partial charge in [-0.05, 0) is 25.0 Å². The van der Waals surface area contributed by atoms with Crippen LogP contribution in [0.2, 0.25) is 0 Å². The summed E-state index contributed by atoms with van der Waals surface area (Å²) in [4.78, 5) is 36.2. The number of nitrogens with one attached hydrogen (secondary N) is 1. The first kappa shape index (κ1) is 15.1. The van der Waals surface area contributed by atoms with Gasteiger partial charge in [-0.2, -0.15) is 0 Å².